The Kier molecular flexibility index (Phi) is 4.97. The highest BCUT2D eigenvalue weighted by Gasteiger charge is 2.40. The highest BCUT2D eigenvalue weighted by atomic mass is 35.5. The maximum absolute atomic E-state index is 13.7. The predicted octanol–water partition coefficient (Wildman–Crippen LogP) is 5.41. The molecule has 3 rings (SSSR count). The van der Waals surface area contributed by atoms with Gasteiger partial charge in [0, 0.05) is 10.7 Å². The van der Waals surface area contributed by atoms with Gasteiger partial charge < -0.3 is 5.32 Å². The number of rotatable bonds is 3. The average molecular weight is 394 g/mol. The lowest BCUT2D eigenvalue weighted by atomic mass is 10.1. The number of carbonyl (C=O) groups is 1. The molecule has 27 heavy (non-hydrogen) atoms. The third-order valence-corrected chi connectivity index (χ3v) is 4.09. The maximum atomic E-state index is 13.7. The Labute approximate surface area is 158 Å². The van der Waals surface area contributed by atoms with Crippen LogP contribution in [-0.4, -0.2) is 15.7 Å². The van der Waals surface area contributed by atoms with Gasteiger partial charge in [0.2, 0.25) is 0 Å². The second kappa shape index (κ2) is 7.08. The molecule has 0 saturated heterocycles. The quantitative estimate of drug-likeness (QED) is 0.646. The minimum Gasteiger partial charge on any atom is -0.322 e. The number of alkyl halides is 3. The molecule has 140 valence electrons. The SMILES string of the molecule is Cc1cc(C)cc(NC(=O)c2cnn(-c3ccc(Cl)cc3)c2C(F)(F)F)c1. The van der Waals surface area contributed by atoms with Gasteiger partial charge >= 0.3 is 6.18 Å². The van der Waals surface area contributed by atoms with Crippen molar-refractivity contribution in [3.8, 4) is 5.69 Å². The van der Waals surface area contributed by atoms with Gasteiger partial charge in [-0.1, -0.05) is 17.7 Å². The van der Waals surface area contributed by atoms with Crippen LogP contribution in [0.2, 0.25) is 5.02 Å². The number of hydrogen-bond donors (Lipinski definition) is 1. The molecule has 1 heterocycles. The number of nitrogens with zero attached hydrogens (tertiary/aromatic N) is 2. The van der Waals surface area contributed by atoms with Crippen LogP contribution in [0.1, 0.15) is 27.2 Å². The minimum atomic E-state index is -4.77. The van der Waals surface area contributed by atoms with Crippen molar-refractivity contribution in [2.24, 2.45) is 0 Å². The molecule has 8 heteroatoms. The molecule has 0 unspecified atom stereocenters. The Balaban J connectivity index is 2.02. The molecule has 1 N–H and O–H groups in total. The molecule has 1 aromatic heterocycles. The first kappa shape index (κ1) is 19.0. The summed E-state index contributed by atoms with van der Waals surface area (Å²) in [7, 11) is 0. The van der Waals surface area contributed by atoms with Gasteiger partial charge in [-0.15, -0.1) is 0 Å². The van der Waals surface area contributed by atoms with Crippen LogP contribution in [0.4, 0.5) is 18.9 Å². The zero-order valence-corrected chi connectivity index (χ0v) is 15.2. The highest BCUT2D eigenvalue weighted by Crippen LogP contribution is 2.34. The molecule has 0 spiro atoms. The third kappa shape index (κ3) is 4.14. The lowest BCUT2D eigenvalue weighted by molar-refractivity contribution is -0.143. The van der Waals surface area contributed by atoms with Crippen LogP contribution in [0.5, 0.6) is 0 Å². The smallest absolute Gasteiger partial charge is 0.322 e. The van der Waals surface area contributed by atoms with Gasteiger partial charge in [0.25, 0.3) is 5.91 Å². The van der Waals surface area contributed by atoms with Crippen molar-refractivity contribution in [2.45, 2.75) is 20.0 Å². The number of benzene rings is 2. The van der Waals surface area contributed by atoms with Crippen LogP contribution in [-0.2, 0) is 6.18 Å². The molecule has 1 amide bonds. The molecule has 3 aromatic rings. The molecule has 0 saturated carbocycles. The number of amides is 1. The second-order valence-electron chi connectivity index (χ2n) is 6.12. The molecular formula is C19H15ClF3N3O. The first-order valence-electron chi connectivity index (χ1n) is 7.96. The molecule has 0 bridgehead atoms. The zero-order valence-electron chi connectivity index (χ0n) is 14.4. The van der Waals surface area contributed by atoms with Gasteiger partial charge in [-0.05, 0) is 61.4 Å². The minimum absolute atomic E-state index is 0.150. The fraction of sp³-hybridized carbons (Fsp3) is 0.158. The van der Waals surface area contributed by atoms with Crippen LogP contribution in [0.25, 0.3) is 5.69 Å². The van der Waals surface area contributed by atoms with Gasteiger partial charge in [-0.3, -0.25) is 4.79 Å². The van der Waals surface area contributed by atoms with E-state index in [9.17, 15) is 18.0 Å². The number of hydrogen-bond acceptors (Lipinski definition) is 2. The van der Waals surface area contributed by atoms with E-state index in [0.717, 1.165) is 17.3 Å². The van der Waals surface area contributed by atoms with Crippen LogP contribution >= 0.6 is 11.6 Å². The summed E-state index contributed by atoms with van der Waals surface area (Å²) in [6.45, 7) is 3.67. The van der Waals surface area contributed by atoms with Gasteiger partial charge in [-0.25, -0.2) is 4.68 Å². The zero-order chi connectivity index (χ0) is 19.8. The molecule has 0 fully saturated rings. The third-order valence-electron chi connectivity index (χ3n) is 3.83. The number of carbonyl (C=O) groups excluding carboxylic acids is 1. The van der Waals surface area contributed by atoms with E-state index in [1.165, 1.54) is 24.3 Å². The first-order chi connectivity index (χ1) is 12.6. The molecule has 0 radical (unpaired) electrons. The number of aromatic nitrogens is 2. The predicted molar refractivity (Wildman–Crippen MR) is 97.4 cm³/mol. The van der Waals surface area contributed by atoms with Crippen molar-refractivity contribution in [3.63, 3.8) is 0 Å². The normalized spacial score (nSPS) is 11.5. The summed E-state index contributed by atoms with van der Waals surface area (Å²) < 4.78 is 41.7. The largest absolute Gasteiger partial charge is 0.434 e. The van der Waals surface area contributed by atoms with Gasteiger partial charge in [0.05, 0.1) is 17.4 Å². The van der Waals surface area contributed by atoms with Crippen molar-refractivity contribution in [1.82, 2.24) is 9.78 Å². The van der Waals surface area contributed by atoms with E-state index in [4.69, 9.17) is 11.6 Å². The van der Waals surface area contributed by atoms with Crippen LogP contribution in [0.3, 0.4) is 0 Å². The van der Waals surface area contributed by atoms with Crippen molar-refractivity contribution in [3.05, 3.63) is 76.1 Å². The van der Waals surface area contributed by atoms with Crippen molar-refractivity contribution < 1.29 is 18.0 Å². The Morgan fingerprint density at radius 2 is 1.67 bits per heavy atom. The molecular weight excluding hydrogens is 379 g/mol. The second-order valence-corrected chi connectivity index (χ2v) is 6.56. The van der Waals surface area contributed by atoms with E-state index in [1.54, 1.807) is 12.1 Å². The van der Waals surface area contributed by atoms with Crippen LogP contribution in [0.15, 0.2) is 48.7 Å². The van der Waals surface area contributed by atoms with E-state index in [0.29, 0.717) is 15.4 Å². The van der Waals surface area contributed by atoms with Crippen LogP contribution < -0.4 is 5.32 Å². The topological polar surface area (TPSA) is 46.9 Å². The fourth-order valence-electron chi connectivity index (χ4n) is 2.81. The Morgan fingerprint density at radius 1 is 1.07 bits per heavy atom. The maximum Gasteiger partial charge on any atom is 0.434 e. The van der Waals surface area contributed by atoms with Gasteiger partial charge in [0.15, 0.2) is 5.69 Å². The molecule has 4 nitrogen and oxygen atoms in total. The summed E-state index contributed by atoms with van der Waals surface area (Å²) in [4.78, 5) is 12.5. The first-order valence-corrected chi connectivity index (χ1v) is 8.34. The number of anilines is 1. The highest BCUT2D eigenvalue weighted by molar-refractivity contribution is 6.30. The molecule has 2 aromatic carbocycles. The average Bonchev–Trinajstić information content (AvgIpc) is 3.00. The van der Waals surface area contributed by atoms with E-state index in [2.05, 4.69) is 10.4 Å². The van der Waals surface area contributed by atoms with Gasteiger partial charge in [0.1, 0.15) is 0 Å². The fourth-order valence-corrected chi connectivity index (χ4v) is 2.94. The monoisotopic (exact) mass is 393 g/mol. The van der Waals surface area contributed by atoms with Crippen molar-refractivity contribution in [2.75, 3.05) is 5.32 Å². The number of nitrogens with one attached hydrogen (secondary N) is 1. The Hall–Kier alpha value is -2.80. The van der Waals surface area contributed by atoms with E-state index >= 15 is 0 Å². The van der Waals surface area contributed by atoms with Crippen LogP contribution in [0, 0.1) is 13.8 Å². The Morgan fingerprint density at radius 3 is 2.22 bits per heavy atom. The number of aryl methyl sites for hydroxylation is 2. The summed E-state index contributed by atoms with van der Waals surface area (Å²) in [5.74, 6) is -0.882. The lowest BCUT2D eigenvalue weighted by Gasteiger charge is -2.13. The summed E-state index contributed by atoms with van der Waals surface area (Å²) in [5.41, 5.74) is 0.641. The molecule has 0 atom stereocenters. The summed E-state index contributed by atoms with van der Waals surface area (Å²) in [6, 6.07) is 11.0. The number of halogens is 4. The molecule has 0 aliphatic heterocycles. The summed E-state index contributed by atoms with van der Waals surface area (Å²) in [6.07, 6.45) is -3.86. The van der Waals surface area contributed by atoms with Crippen molar-refractivity contribution in [1.29, 1.82) is 0 Å². The lowest BCUT2D eigenvalue weighted by Crippen LogP contribution is -2.20. The van der Waals surface area contributed by atoms with Gasteiger partial charge in [-0.2, -0.15) is 18.3 Å². The summed E-state index contributed by atoms with van der Waals surface area (Å²) in [5, 5.41) is 6.67. The van der Waals surface area contributed by atoms with E-state index in [-0.39, 0.29) is 5.69 Å². The molecule has 0 aliphatic carbocycles. The van der Waals surface area contributed by atoms with Crippen molar-refractivity contribution >= 4 is 23.2 Å². The summed E-state index contributed by atoms with van der Waals surface area (Å²) >= 11 is 5.78. The molecule has 0 aliphatic rings. The van der Waals surface area contributed by atoms with E-state index in [1.807, 2.05) is 19.9 Å². The Bertz CT molecular complexity index is 974. The standard InChI is InChI=1S/C19H15ClF3N3O/c1-11-7-12(2)9-14(8-11)25-18(27)16-10-24-26(17(16)19(21,22)23)15-5-3-13(20)4-6-15/h3-10H,1-2H3,(H,25,27). The van der Waals surface area contributed by atoms with E-state index < -0.39 is 23.3 Å².